The van der Waals surface area contributed by atoms with Gasteiger partial charge in [0.1, 0.15) is 0 Å². The van der Waals surface area contributed by atoms with Crippen molar-refractivity contribution in [1.82, 2.24) is 0 Å². The Morgan fingerprint density at radius 2 is 1.15 bits per heavy atom. The molecule has 102 valence electrons. The summed E-state index contributed by atoms with van der Waals surface area (Å²) in [6, 6.07) is 16.1. The molecule has 0 saturated carbocycles. The maximum absolute atomic E-state index is 4.31. The summed E-state index contributed by atoms with van der Waals surface area (Å²) in [5.41, 5.74) is 3.90. The van der Waals surface area contributed by atoms with Gasteiger partial charge in [-0.05, 0) is 49.2 Å². The molecule has 2 aromatic rings. The van der Waals surface area contributed by atoms with Gasteiger partial charge in [0.15, 0.2) is 0 Å². The number of hydrogen-bond donors (Lipinski definition) is 0. The van der Waals surface area contributed by atoms with Crippen LogP contribution in [0.25, 0.3) is 0 Å². The van der Waals surface area contributed by atoms with E-state index in [0.717, 1.165) is 31.5 Å². The molecule has 0 aromatic heterocycles. The first-order valence-corrected chi connectivity index (χ1v) is 7.75. The molecule has 0 saturated heterocycles. The van der Waals surface area contributed by atoms with Gasteiger partial charge >= 0.3 is 0 Å². The number of benzene rings is 2. The fraction of sp³-hybridized carbons (Fsp3) is 0.125. The molecule has 0 bridgehead atoms. The van der Waals surface area contributed by atoms with Crippen LogP contribution in [0.1, 0.15) is 25.0 Å². The van der Waals surface area contributed by atoms with Gasteiger partial charge in [-0.25, -0.2) is 0 Å². The van der Waals surface area contributed by atoms with E-state index in [2.05, 4.69) is 42.1 Å². The quantitative estimate of drug-likeness (QED) is 0.489. The van der Waals surface area contributed by atoms with Crippen molar-refractivity contribution in [3.05, 3.63) is 68.6 Å². The third-order valence-electron chi connectivity index (χ3n) is 2.83. The van der Waals surface area contributed by atoms with Gasteiger partial charge in [-0.15, -0.1) is 0 Å². The van der Waals surface area contributed by atoms with E-state index in [-0.39, 0.29) is 0 Å². The van der Waals surface area contributed by atoms with Crippen LogP contribution in [0.4, 0.5) is 0 Å². The van der Waals surface area contributed by atoms with Crippen molar-refractivity contribution in [2.24, 2.45) is 10.2 Å². The number of nitrogens with zero attached hydrogens (tertiary/aromatic N) is 2. The fourth-order valence-corrected chi connectivity index (χ4v) is 2.49. The van der Waals surface area contributed by atoms with Gasteiger partial charge in [0.05, 0.1) is 11.4 Å². The average molecular weight is 394 g/mol. The van der Waals surface area contributed by atoms with Crippen molar-refractivity contribution < 1.29 is 0 Å². The van der Waals surface area contributed by atoms with Gasteiger partial charge in [0.25, 0.3) is 0 Å². The standard InChI is InChI=1S/C16H14Br2N2/c1-11(13-5-3-7-15(17)9-13)19-20-12(2)14-6-4-8-16(18)10-14/h3-10H,1-2H3/b19-11+,20-12+. The molecule has 2 rings (SSSR count). The molecule has 4 heteroatoms. The Hall–Kier alpha value is -1.26. The zero-order chi connectivity index (χ0) is 14.5. The van der Waals surface area contributed by atoms with E-state index in [1.54, 1.807) is 0 Å². The van der Waals surface area contributed by atoms with E-state index >= 15 is 0 Å². The van der Waals surface area contributed by atoms with Gasteiger partial charge in [0.2, 0.25) is 0 Å². The Morgan fingerprint density at radius 1 is 0.750 bits per heavy atom. The third kappa shape index (κ3) is 4.12. The Bertz CT molecular complexity index is 616. The van der Waals surface area contributed by atoms with E-state index in [4.69, 9.17) is 0 Å². The smallest absolute Gasteiger partial charge is 0.0672 e. The van der Waals surface area contributed by atoms with Crippen LogP contribution >= 0.6 is 31.9 Å². The van der Waals surface area contributed by atoms with Crippen LogP contribution in [0.5, 0.6) is 0 Å². The summed E-state index contributed by atoms with van der Waals surface area (Å²) >= 11 is 6.92. The van der Waals surface area contributed by atoms with Crippen molar-refractivity contribution in [2.75, 3.05) is 0 Å². The molecule has 2 aromatic carbocycles. The number of halogens is 2. The molecule has 0 aliphatic rings. The van der Waals surface area contributed by atoms with Crippen LogP contribution < -0.4 is 0 Å². The van der Waals surface area contributed by atoms with E-state index < -0.39 is 0 Å². The van der Waals surface area contributed by atoms with E-state index in [1.165, 1.54) is 0 Å². The number of rotatable bonds is 3. The molecule has 0 amide bonds. The third-order valence-corrected chi connectivity index (χ3v) is 3.82. The predicted molar refractivity (Wildman–Crippen MR) is 92.7 cm³/mol. The predicted octanol–water partition coefficient (Wildman–Crippen LogP) is 5.44. The molecule has 0 radical (unpaired) electrons. The number of hydrogen-bond acceptors (Lipinski definition) is 2. The summed E-state index contributed by atoms with van der Waals surface area (Å²) in [5, 5.41) is 8.62. The van der Waals surface area contributed by atoms with E-state index in [1.807, 2.05) is 62.4 Å². The SMILES string of the molecule is C/C(=N\N=C(/C)c1cccc(Br)c1)c1cccc(Br)c1. The Kier molecular flexibility index (Phi) is 5.26. The van der Waals surface area contributed by atoms with Crippen LogP contribution in [0.3, 0.4) is 0 Å². The lowest BCUT2D eigenvalue weighted by atomic mass is 10.1. The monoisotopic (exact) mass is 392 g/mol. The van der Waals surface area contributed by atoms with Gasteiger partial charge in [-0.3, -0.25) is 0 Å². The highest BCUT2D eigenvalue weighted by Gasteiger charge is 2.00. The van der Waals surface area contributed by atoms with E-state index in [9.17, 15) is 0 Å². The topological polar surface area (TPSA) is 24.7 Å². The summed E-state index contributed by atoms with van der Waals surface area (Å²) in [4.78, 5) is 0. The highest BCUT2D eigenvalue weighted by atomic mass is 79.9. The van der Waals surface area contributed by atoms with Crippen molar-refractivity contribution in [1.29, 1.82) is 0 Å². The first-order chi connectivity index (χ1) is 9.56. The molecule has 0 unspecified atom stereocenters. The second-order valence-electron chi connectivity index (χ2n) is 4.39. The van der Waals surface area contributed by atoms with Crippen molar-refractivity contribution in [3.8, 4) is 0 Å². The summed E-state index contributed by atoms with van der Waals surface area (Å²) in [6.45, 7) is 3.92. The molecule has 0 spiro atoms. The van der Waals surface area contributed by atoms with Crippen LogP contribution in [0.2, 0.25) is 0 Å². The first kappa shape index (κ1) is 15.1. The molecular formula is C16H14Br2N2. The van der Waals surface area contributed by atoms with E-state index in [0.29, 0.717) is 0 Å². The van der Waals surface area contributed by atoms with Crippen LogP contribution in [-0.2, 0) is 0 Å². The second kappa shape index (κ2) is 6.95. The summed E-state index contributed by atoms with van der Waals surface area (Å²) in [5.74, 6) is 0. The largest absolute Gasteiger partial charge is 0.155 e. The van der Waals surface area contributed by atoms with Crippen LogP contribution in [-0.4, -0.2) is 11.4 Å². The molecule has 0 heterocycles. The van der Waals surface area contributed by atoms with Gasteiger partial charge < -0.3 is 0 Å². The fourth-order valence-electron chi connectivity index (χ4n) is 1.69. The highest BCUT2D eigenvalue weighted by Crippen LogP contribution is 2.14. The van der Waals surface area contributed by atoms with Crippen molar-refractivity contribution in [3.63, 3.8) is 0 Å². The zero-order valence-electron chi connectivity index (χ0n) is 11.3. The minimum Gasteiger partial charge on any atom is -0.155 e. The molecule has 0 atom stereocenters. The molecule has 0 fully saturated rings. The minimum absolute atomic E-state index is 0.889. The van der Waals surface area contributed by atoms with Crippen LogP contribution in [0.15, 0.2) is 67.7 Å². The lowest BCUT2D eigenvalue weighted by molar-refractivity contribution is 1.22. The Balaban J connectivity index is 2.24. The summed E-state index contributed by atoms with van der Waals surface area (Å²) in [7, 11) is 0. The summed E-state index contributed by atoms with van der Waals surface area (Å²) < 4.78 is 2.08. The molecule has 0 N–H and O–H groups in total. The lowest BCUT2D eigenvalue weighted by Gasteiger charge is -2.01. The Labute approximate surface area is 135 Å². The lowest BCUT2D eigenvalue weighted by Crippen LogP contribution is -1.97. The van der Waals surface area contributed by atoms with Gasteiger partial charge in [-0.1, -0.05) is 56.1 Å². The molecular weight excluding hydrogens is 380 g/mol. The zero-order valence-corrected chi connectivity index (χ0v) is 14.4. The maximum atomic E-state index is 4.31. The Morgan fingerprint density at radius 3 is 1.50 bits per heavy atom. The molecule has 0 aliphatic carbocycles. The second-order valence-corrected chi connectivity index (χ2v) is 6.22. The maximum Gasteiger partial charge on any atom is 0.0672 e. The highest BCUT2D eigenvalue weighted by molar-refractivity contribution is 9.10. The molecule has 20 heavy (non-hydrogen) atoms. The van der Waals surface area contributed by atoms with Crippen LogP contribution in [0, 0.1) is 0 Å². The molecule has 0 aliphatic heterocycles. The normalized spacial score (nSPS) is 12.6. The van der Waals surface area contributed by atoms with Gasteiger partial charge in [0, 0.05) is 8.95 Å². The average Bonchev–Trinajstić information content (AvgIpc) is 2.44. The summed E-state index contributed by atoms with van der Waals surface area (Å²) in [6.07, 6.45) is 0. The van der Waals surface area contributed by atoms with Crippen molar-refractivity contribution in [2.45, 2.75) is 13.8 Å². The minimum atomic E-state index is 0.889. The first-order valence-electron chi connectivity index (χ1n) is 6.17. The van der Waals surface area contributed by atoms with Gasteiger partial charge in [-0.2, -0.15) is 10.2 Å². The molecule has 2 nitrogen and oxygen atoms in total. The van der Waals surface area contributed by atoms with Crippen molar-refractivity contribution >= 4 is 43.3 Å².